The van der Waals surface area contributed by atoms with Gasteiger partial charge in [-0.25, -0.2) is 4.79 Å². The highest BCUT2D eigenvalue weighted by atomic mass is 31.2. The molecule has 1 heterocycles. The van der Waals surface area contributed by atoms with Crippen LogP contribution in [0.15, 0.2) is 60.7 Å². The third-order valence-corrected chi connectivity index (χ3v) is 9.69. The number of likely N-dealkylation sites (tertiary alicyclic amines) is 1. The normalized spacial score (nSPS) is 17.5. The van der Waals surface area contributed by atoms with Crippen molar-refractivity contribution in [2.24, 2.45) is 11.7 Å². The lowest BCUT2D eigenvalue weighted by Gasteiger charge is -2.26. The molecule has 5 unspecified atom stereocenters. The number of rotatable bonds is 13. The molecular weight excluding hydrogens is 642 g/mol. The topological polar surface area (TPSA) is 203 Å². The third-order valence-electron chi connectivity index (χ3n) is 7.39. The first-order valence-corrected chi connectivity index (χ1v) is 16.7. The van der Waals surface area contributed by atoms with E-state index in [-0.39, 0.29) is 37.2 Å². The van der Waals surface area contributed by atoms with Crippen LogP contribution in [0.25, 0.3) is 0 Å². The zero-order valence-electron chi connectivity index (χ0n) is 25.7. The Labute approximate surface area is 270 Å². The summed E-state index contributed by atoms with van der Waals surface area (Å²) in [6, 6.07) is 19.3. The molecule has 3 rings (SSSR count). The van der Waals surface area contributed by atoms with Crippen LogP contribution < -0.4 is 16.4 Å². The highest BCUT2D eigenvalue weighted by Gasteiger charge is 2.38. The van der Waals surface area contributed by atoms with E-state index in [0.717, 1.165) is 17.5 Å². The molecule has 5 atom stereocenters. The minimum Gasteiger partial charge on any atom is -0.475 e. The number of carbonyl (C=O) groups is 4. The van der Waals surface area contributed by atoms with E-state index in [4.69, 9.17) is 15.6 Å². The van der Waals surface area contributed by atoms with Gasteiger partial charge in [-0.2, -0.15) is 18.4 Å². The number of hydrogen-bond acceptors (Lipinski definition) is 7. The maximum absolute atomic E-state index is 13.4. The average molecular weight is 682 g/mol. The molecule has 3 amide bonds. The van der Waals surface area contributed by atoms with Crippen LogP contribution in [0.2, 0.25) is 0 Å². The molecule has 12 nitrogen and oxygen atoms in total. The second-order valence-corrected chi connectivity index (χ2v) is 13.7. The van der Waals surface area contributed by atoms with Crippen molar-refractivity contribution < 1.29 is 46.9 Å². The van der Waals surface area contributed by atoms with Gasteiger partial charge in [-0.05, 0) is 43.7 Å². The van der Waals surface area contributed by atoms with Gasteiger partial charge in [0.25, 0.3) is 0 Å². The molecule has 256 valence electrons. The van der Waals surface area contributed by atoms with Crippen molar-refractivity contribution in [3.63, 3.8) is 0 Å². The van der Waals surface area contributed by atoms with Gasteiger partial charge in [0.2, 0.25) is 25.1 Å². The smallest absolute Gasteiger partial charge is 0.475 e. The Morgan fingerprint density at radius 2 is 1.64 bits per heavy atom. The van der Waals surface area contributed by atoms with E-state index in [1.165, 1.54) is 11.8 Å². The Morgan fingerprint density at radius 1 is 1.09 bits per heavy atom. The molecule has 1 saturated heterocycles. The minimum absolute atomic E-state index is 0.0420. The van der Waals surface area contributed by atoms with Crippen LogP contribution in [0.3, 0.4) is 0 Å². The van der Waals surface area contributed by atoms with E-state index in [2.05, 4.69) is 16.7 Å². The number of nitrogens with zero attached hydrogens (tertiary/aromatic N) is 2. The maximum atomic E-state index is 13.4. The van der Waals surface area contributed by atoms with Crippen molar-refractivity contribution in [1.82, 2.24) is 15.5 Å². The number of nitrogens with two attached hydrogens (primary N) is 1. The first kappa shape index (κ1) is 38.9. The number of nitrogens with one attached hydrogen (secondary N) is 2. The van der Waals surface area contributed by atoms with Crippen LogP contribution in [-0.2, 0) is 36.7 Å². The van der Waals surface area contributed by atoms with Crippen molar-refractivity contribution in [2.45, 2.75) is 69.6 Å². The average Bonchev–Trinajstić information content (AvgIpc) is 3.51. The van der Waals surface area contributed by atoms with Crippen molar-refractivity contribution in [3.8, 4) is 6.07 Å². The number of amides is 3. The number of carbonyl (C=O) groups excluding carboxylic acids is 3. The van der Waals surface area contributed by atoms with Crippen LogP contribution in [0.1, 0.15) is 43.7 Å². The summed E-state index contributed by atoms with van der Waals surface area (Å²) in [6.45, 7) is 2.19. The molecule has 0 aliphatic carbocycles. The Hall–Kier alpha value is -4.25. The second kappa shape index (κ2) is 18.2. The molecule has 2 aromatic rings. The number of aliphatic carboxylic acids is 1. The number of benzene rings is 2. The SMILES string of the molecule is CC(NC(=O)CCC(N)C(=O)N1CCCC1C#N)P(=O)(O)CC(Cc1ccccc1)C(=O)NCc1ccccc1.O=C(O)C(F)(F)F. The van der Waals surface area contributed by atoms with Crippen molar-refractivity contribution >= 4 is 31.1 Å². The molecule has 0 aromatic heterocycles. The molecule has 0 saturated carbocycles. The van der Waals surface area contributed by atoms with Crippen LogP contribution in [0.5, 0.6) is 0 Å². The predicted molar refractivity (Wildman–Crippen MR) is 165 cm³/mol. The lowest BCUT2D eigenvalue weighted by atomic mass is 10.00. The summed E-state index contributed by atoms with van der Waals surface area (Å²) in [5.74, 6) is -5.89. The summed E-state index contributed by atoms with van der Waals surface area (Å²) >= 11 is 0. The molecule has 1 fully saturated rings. The number of nitriles is 1. The Balaban J connectivity index is 0.000000984. The van der Waals surface area contributed by atoms with Gasteiger partial charge < -0.3 is 31.3 Å². The van der Waals surface area contributed by atoms with Crippen molar-refractivity contribution in [1.29, 1.82) is 5.26 Å². The summed E-state index contributed by atoms with van der Waals surface area (Å²) < 4.78 is 45.1. The standard InChI is InChI=1S/C29H38N5O5P.C2HF3O2/c1-21(33-27(35)15-14-26(31)29(37)34-16-8-13-25(34)18-30)40(38,39)20-24(17-22-9-4-2-5-10-22)28(36)32-19-23-11-6-3-7-12-23;3-2(4,5)1(6)7/h2-7,9-12,21,24-26H,8,13-17,19-20,31H2,1H3,(H,32,36)(H,33,35)(H,38,39);(H,6,7). The van der Waals surface area contributed by atoms with Gasteiger partial charge in [0, 0.05) is 25.7 Å². The number of carboxylic acids is 1. The summed E-state index contributed by atoms with van der Waals surface area (Å²) in [7, 11) is -4.01. The zero-order chi connectivity index (χ0) is 35.2. The van der Waals surface area contributed by atoms with Gasteiger partial charge in [-0.1, -0.05) is 60.7 Å². The summed E-state index contributed by atoms with van der Waals surface area (Å²) in [6.07, 6.45) is -3.87. The molecule has 1 aliphatic heterocycles. The van der Waals surface area contributed by atoms with E-state index in [1.807, 2.05) is 60.7 Å². The quantitative estimate of drug-likeness (QED) is 0.197. The lowest BCUT2D eigenvalue weighted by molar-refractivity contribution is -0.192. The zero-order valence-corrected chi connectivity index (χ0v) is 26.6. The molecule has 6 N–H and O–H groups in total. The lowest BCUT2D eigenvalue weighted by Crippen LogP contribution is -2.46. The van der Waals surface area contributed by atoms with Crippen LogP contribution in [0.4, 0.5) is 13.2 Å². The summed E-state index contributed by atoms with van der Waals surface area (Å²) in [4.78, 5) is 59.6. The summed E-state index contributed by atoms with van der Waals surface area (Å²) in [5, 5.41) is 21.7. The van der Waals surface area contributed by atoms with Gasteiger partial charge in [-0.3, -0.25) is 18.9 Å². The Morgan fingerprint density at radius 3 is 2.17 bits per heavy atom. The molecule has 0 spiro atoms. The molecule has 0 radical (unpaired) electrons. The number of carboxylic acid groups (broad SMARTS) is 1. The summed E-state index contributed by atoms with van der Waals surface area (Å²) in [5.41, 5.74) is 7.76. The fourth-order valence-electron chi connectivity index (χ4n) is 4.74. The number of hydrogen-bond donors (Lipinski definition) is 5. The fraction of sp³-hybridized carbons (Fsp3) is 0.452. The van der Waals surface area contributed by atoms with Gasteiger partial charge in [0.1, 0.15) is 11.8 Å². The van der Waals surface area contributed by atoms with Gasteiger partial charge >= 0.3 is 12.1 Å². The second-order valence-electron chi connectivity index (χ2n) is 11.0. The highest BCUT2D eigenvalue weighted by molar-refractivity contribution is 7.58. The predicted octanol–water partition coefficient (Wildman–Crippen LogP) is 3.15. The largest absolute Gasteiger partial charge is 0.490 e. The highest BCUT2D eigenvalue weighted by Crippen LogP contribution is 2.47. The molecule has 0 bridgehead atoms. The third kappa shape index (κ3) is 13.2. The minimum atomic E-state index is -5.08. The first-order chi connectivity index (χ1) is 22.0. The Bertz CT molecular complexity index is 1440. The van der Waals surface area contributed by atoms with Crippen molar-refractivity contribution in [3.05, 3.63) is 71.8 Å². The van der Waals surface area contributed by atoms with Crippen LogP contribution >= 0.6 is 7.37 Å². The van der Waals surface area contributed by atoms with E-state index in [9.17, 15) is 42.3 Å². The van der Waals surface area contributed by atoms with Crippen molar-refractivity contribution in [2.75, 3.05) is 12.7 Å². The van der Waals surface area contributed by atoms with E-state index < -0.39 is 49.2 Å². The molecule has 47 heavy (non-hydrogen) atoms. The first-order valence-electron chi connectivity index (χ1n) is 14.8. The van der Waals surface area contributed by atoms with Gasteiger partial charge in [0.05, 0.1) is 18.0 Å². The van der Waals surface area contributed by atoms with Crippen LogP contribution in [0, 0.1) is 17.2 Å². The molecule has 1 aliphatic rings. The van der Waals surface area contributed by atoms with Gasteiger partial charge in [-0.15, -0.1) is 0 Å². The van der Waals surface area contributed by atoms with Gasteiger partial charge in [0.15, 0.2) is 0 Å². The van der Waals surface area contributed by atoms with Crippen LogP contribution in [-0.4, -0.2) is 75.3 Å². The fourth-order valence-corrected chi connectivity index (χ4v) is 6.32. The molecule has 16 heteroatoms. The molecule has 2 aromatic carbocycles. The monoisotopic (exact) mass is 681 g/mol. The molecular formula is C31H39F3N5O7P. The van der Waals surface area contributed by atoms with E-state index in [1.54, 1.807) is 0 Å². The van der Waals surface area contributed by atoms with E-state index in [0.29, 0.717) is 19.5 Å². The number of halogens is 3. The maximum Gasteiger partial charge on any atom is 0.490 e. The number of alkyl halides is 3. The Kier molecular flexibility index (Phi) is 15.1. The van der Waals surface area contributed by atoms with E-state index >= 15 is 0 Å².